The maximum Gasteiger partial charge on any atom is 0.471 e. The molecule has 352 valence electrons. The number of aryl methyl sites for hydroxylation is 1. The standard InChI is InChI=1S/C42H44F3N6O14P/c1-23-21-51(40(57)49-36(23)54)33-19-29(52)30(63-33)20-46-66(58,59)65-35-31(64-37(34(35)48-38(55)42(43,44)45)50-18-17-32(53)47-39(50)56)22-62-41(24-7-5-4-6-8-24,25-9-13-27(60-2)14-10-25)26-11-15-28(61-3)16-12-26/h4-18,21,29-31,33-35,37,52H,19-20,22H2,1-3H3,(H,48,55)(H2,46,58,59)(H,47,53,56)(H,49,54,57)/t29-,30+,31+,33+,34+,35+,37+/m0/s1. The number of amides is 1. The van der Waals surface area contributed by atoms with Crippen LogP contribution < -0.4 is 42.4 Å². The topological polar surface area (TPSA) is 264 Å². The first kappa shape index (κ1) is 47.8. The van der Waals surface area contributed by atoms with Gasteiger partial charge in [-0.05, 0) is 47.9 Å². The van der Waals surface area contributed by atoms with Crippen LogP contribution in [0.2, 0.25) is 0 Å². The summed E-state index contributed by atoms with van der Waals surface area (Å²) in [6.45, 7) is 0.0989. The Morgan fingerprint density at radius 3 is 2.02 bits per heavy atom. The van der Waals surface area contributed by atoms with Crippen LogP contribution in [0.15, 0.2) is 117 Å². The molecule has 5 aromatic rings. The molecule has 0 bridgehead atoms. The third kappa shape index (κ3) is 10.1. The number of methoxy groups -OCH3 is 2. The summed E-state index contributed by atoms with van der Waals surface area (Å²) in [6, 6.07) is 21.0. The molecule has 66 heavy (non-hydrogen) atoms. The van der Waals surface area contributed by atoms with E-state index in [2.05, 4.69) is 10.1 Å². The molecule has 20 nitrogen and oxygen atoms in total. The number of aromatic nitrogens is 4. The Hall–Kier alpha value is -6.17. The molecule has 8 atom stereocenters. The van der Waals surface area contributed by atoms with Gasteiger partial charge in [-0.2, -0.15) is 13.2 Å². The number of rotatable bonds is 16. The first-order valence-corrected chi connectivity index (χ1v) is 21.7. The number of hydrogen-bond acceptors (Lipinski definition) is 13. The Morgan fingerprint density at radius 1 is 0.848 bits per heavy atom. The number of halogens is 3. The molecule has 2 aromatic heterocycles. The van der Waals surface area contributed by atoms with Crippen LogP contribution in [0.5, 0.6) is 11.5 Å². The Morgan fingerprint density at radius 2 is 1.44 bits per heavy atom. The molecule has 0 radical (unpaired) electrons. The fourth-order valence-corrected chi connectivity index (χ4v) is 8.90. The molecule has 1 unspecified atom stereocenters. The van der Waals surface area contributed by atoms with Gasteiger partial charge in [0.25, 0.3) is 11.1 Å². The van der Waals surface area contributed by atoms with Crippen LogP contribution in [-0.2, 0) is 33.7 Å². The minimum absolute atomic E-state index is 0.156. The van der Waals surface area contributed by atoms with Crippen LogP contribution in [0.3, 0.4) is 0 Å². The van der Waals surface area contributed by atoms with Crippen LogP contribution in [-0.4, -0.2) is 99.0 Å². The van der Waals surface area contributed by atoms with Crippen molar-refractivity contribution in [1.29, 1.82) is 0 Å². The molecule has 0 saturated carbocycles. The number of aromatic amines is 2. The predicted octanol–water partition coefficient (Wildman–Crippen LogP) is 2.09. The third-order valence-corrected chi connectivity index (χ3v) is 12.2. The zero-order valence-corrected chi connectivity index (χ0v) is 36.1. The second-order valence-electron chi connectivity index (χ2n) is 15.3. The molecule has 1 amide bonds. The zero-order valence-electron chi connectivity index (χ0n) is 35.2. The van der Waals surface area contributed by atoms with E-state index in [0.717, 1.165) is 16.8 Å². The van der Waals surface area contributed by atoms with Crippen molar-refractivity contribution in [2.45, 2.75) is 68.0 Å². The first-order valence-electron chi connectivity index (χ1n) is 20.1. The van der Waals surface area contributed by atoms with Crippen LogP contribution in [0.4, 0.5) is 13.2 Å². The Balaban J connectivity index is 1.27. The molecule has 2 aliphatic heterocycles. The maximum atomic E-state index is 14.1. The lowest BCUT2D eigenvalue weighted by Gasteiger charge is -2.37. The minimum atomic E-state index is -5.52. The van der Waals surface area contributed by atoms with E-state index < -0.39 is 104 Å². The van der Waals surface area contributed by atoms with E-state index in [-0.39, 0.29) is 12.0 Å². The number of benzene rings is 3. The second kappa shape index (κ2) is 19.4. The molecule has 4 heterocycles. The molecule has 7 rings (SSSR count). The smallest absolute Gasteiger partial charge is 0.471 e. The molecule has 6 N–H and O–H groups in total. The second-order valence-corrected chi connectivity index (χ2v) is 16.8. The molecular weight excluding hydrogens is 900 g/mol. The number of nitrogens with one attached hydrogen (secondary N) is 4. The van der Waals surface area contributed by atoms with Gasteiger partial charge in [-0.1, -0.05) is 54.6 Å². The normalized spacial score (nSPS) is 23.0. The van der Waals surface area contributed by atoms with Gasteiger partial charge in [0.15, 0.2) is 6.23 Å². The number of ether oxygens (including phenoxy) is 5. The summed E-state index contributed by atoms with van der Waals surface area (Å²) < 4.78 is 93.2. The third-order valence-electron chi connectivity index (χ3n) is 11.1. The van der Waals surface area contributed by atoms with Gasteiger partial charge < -0.3 is 39.0 Å². The van der Waals surface area contributed by atoms with E-state index in [1.165, 1.54) is 27.3 Å². The van der Waals surface area contributed by atoms with Crippen LogP contribution in [0.1, 0.15) is 41.1 Å². The highest BCUT2D eigenvalue weighted by Crippen LogP contribution is 2.47. The SMILES string of the molecule is COc1ccc(C(OC[C@H]2O[C@@H](n3ccc(=O)[nH]c3=O)[C@H](NC(=O)C(F)(F)F)[C@@H]2OP(=O)(O)NC[C@H]2O[C@@H](n3cc(C)c(=O)[nH]c3=O)C[C@@H]2O)(c2ccccc2)c2ccc(OC)cc2)cc1. The summed E-state index contributed by atoms with van der Waals surface area (Å²) in [5.74, 6) is -1.57. The van der Waals surface area contributed by atoms with Gasteiger partial charge in [-0.3, -0.25) is 38.0 Å². The van der Waals surface area contributed by atoms with E-state index in [9.17, 15) is 51.7 Å². The first-order chi connectivity index (χ1) is 31.3. The highest BCUT2D eigenvalue weighted by Gasteiger charge is 2.54. The number of carbonyl (C=O) groups excluding carboxylic acids is 1. The van der Waals surface area contributed by atoms with Crippen LogP contribution in [0, 0.1) is 6.92 Å². The van der Waals surface area contributed by atoms with Gasteiger partial charge in [0, 0.05) is 37.0 Å². The van der Waals surface area contributed by atoms with E-state index in [4.69, 9.17) is 28.2 Å². The highest BCUT2D eigenvalue weighted by atomic mass is 31.2. The van der Waals surface area contributed by atoms with Crippen molar-refractivity contribution in [2.24, 2.45) is 0 Å². The summed E-state index contributed by atoms with van der Waals surface area (Å²) in [4.78, 5) is 77.9. The Kier molecular flexibility index (Phi) is 14.0. The van der Waals surface area contributed by atoms with Crippen molar-refractivity contribution in [2.75, 3.05) is 27.4 Å². The monoisotopic (exact) mass is 944 g/mol. The minimum Gasteiger partial charge on any atom is -0.497 e. The molecule has 2 aliphatic rings. The van der Waals surface area contributed by atoms with E-state index >= 15 is 0 Å². The van der Waals surface area contributed by atoms with E-state index in [0.29, 0.717) is 32.8 Å². The van der Waals surface area contributed by atoms with Crippen molar-refractivity contribution in [3.05, 3.63) is 161 Å². The van der Waals surface area contributed by atoms with Gasteiger partial charge in [-0.25, -0.2) is 19.2 Å². The van der Waals surface area contributed by atoms with E-state index in [1.54, 1.807) is 84.2 Å². The van der Waals surface area contributed by atoms with Gasteiger partial charge in [0.2, 0.25) is 0 Å². The molecule has 2 saturated heterocycles. The van der Waals surface area contributed by atoms with Crippen molar-refractivity contribution in [3.8, 4) is 11.5 Å². The van der Waals surface area contributed by atoms with Crippen LogP contribution >= 0.6 is 7.75 Å². The average Bonchev–Trinajstić information content (AvgIpc) is 3.82. The van der Waals surface area contributed by atoms with Crippen molar-refractivity contribution in [3.63, 3.8) is 0 Å². The van der Waals surface area contributed by atoms with Gasteiger partial charge in [-0.15, -0.1) is 0 Å². The molecule has 24 heteroatoms. The fraction of sp³-hybridized carbons (Fsp3) is 0.357. The Labute approximate surface area is 371 Å². The summed E-state index contributed by atoms with van der Waals surface area (Å²) in [6.07, 6.45) is -13.1. The zero-order chi connectivity index (χ0) is 47.6. The van der Waals surface area contributed by atoms with Crippen molar-refractivity contribution < 1.29 is 60.7 Å². The maximum absolute atomic E-state index is 14.1. The average molecular weight is 945 g/mol. The quantitative estimate of drug-likeness (QED) is 0.0611. The predicted molar refractivity (Wildman–Crippen MR) is 225 cm³/mol. The summed E-state index contributed by atoms with van der Waals surface area (Å²) in [7, 11) is -2.34. The number of nitrogens with zero attached hydrogens (tertiary/aromatic N) is 2. The summed E-state index contributed by atoms with van der Waals surface area (Å²) in [5.41, 5.74) is -3.50. The van der Waals surface area contributed by atoms with Gasteiger partial charge >= 0.3 is 31.2 Å². The van der Waals surface area contributed by atoms with Gasteiger partial charge in [0.05, 0.1) is 33.0 Å². The van der Waals surface area contributed by atoms with E-state index in [1.807, 2.05) is 4.98 Å². The number of alkyl halides is 3. The Bertz CT molecular complexity index is 2760. The lowest BCUT2D eigenvalue weighted by atomic mass is 9.80. The molecule has 2 fully saturated rings. The lowest BCUT2D eigenvalue weighted by Crippen LogP contribution is -2.53. The lowest BCUT2D eigenvalue weighted by molar-refractivity contribution is -0.175. The summed E-state index contributed by atoms with van der Waals surface area (Å²) >= 11 is 0. The summed E-state index contributed by atoms with van der Waals surface area (Å²) in [5, 5.41) is 14.8. The highest BCUT2D eigenvalue weighted by molar-refractivity contribution is 7.50. The molecule has 3 aromatic carbocycles. The number of aliphatic hydroxyl groups excluding tert-OH is 1. The van der Waals surface area contributed by atoms with Crippen LogP contribution in [0.25, 0.3) is 0 Å². The van der Waals surface area contributed by atoms with Crippen molar-refractivity contribution >= 4 is 13.7 Å². The largest absolute Gasteiger partial charge is 0.497 e. The number of carbonyl (C=O) groups is 1. The van der Waals surface area contributed by atoms with Crippen molar-refractivity contribution in [1.82, 2.24) is 29.5 Å². The fourth-order valence-electron chi connectivity index (χ4n) is 7.81. The number of H-pyrrole nitrogens is 2. The van der Waals surface area contributed by atoms with Gasteiger partial charge in [0.1, 0.15) is 41.6 Å². The number of hydrogen-bond donors (Lipinski definition) is 6. The molecule has 0 spiro atoms. The number of aliphatic hydroxyl groups is 1. The molecular formula is C42H44F3N6O14P. The molecule has 0 aliphatic carbocycles.